The molecule has 1 saturated heterocycles. The molecule has 2 saturated carbocycles. The number of rotatable bonds is 4. The summed E-state index contributed by atoms with van der Waals surface area (Å²) < 4.78 is 12.1. The van der Waals surface area contributed by atoms with E-state index in [2.05, 4.69) is 9.97 Å². The number of carbonyl (C=O) groups is 1. The Bertz CT molecular complexity index is 535. The number of carbonyl (C=O) groups excluding carboxylic acids is 1. The summed E-state index contributed by atoms with van der Waals surface area (Å²) in [5.41, 5.74) is 0.397. The predicted octanol–water partition coefficient (Wildman–Crippen LogP) is 1.28. The van der Waals surface area contributed by atoms with Gasteiger partial charge in [-0.3, -0.25) is 9.78 Å². The lowest BCUT2D eigenvalue weighted by Gasteiger charge is -2.31. The fourth-order valence-corrected chi connectivity index (χ4v) is 3.45. The minimum atomic E-state index is -0.0655. The van der Waals surface area contributed by atoms with Gasteiger partial charge < -0.3 is 14.4 Å². The van der Waals surface area contributed by atoms with Crippen LogP contribution in [0.4, 0.5) is 0 Å². The molecule has 6 nitrogen and oxygen atoms in total. The fourth-order valence-electron chi connectivity index (χ4n) is 3.45. The molecule has 1 aromatic heterocycles. The summed E-state index contributed by atoms with van der Waals surface area (Å²) in [7, 11) is 0. The number of hydrogen-bond acceptors (Lipinski definition) is 5. The van der Waals surface area contributed by atoms with E-state index >= 15 is 0 Å². The van der Waals surface area contributed by atoms with Crippen molar-refractivity contribution in [3.63, 3.8) is 0 Å². The van der Waals surface area contributed by atoms with Gasteiger partial charge in [-0.05, 0) is 31.6 Å². The van der Waals surface area contributed by atoms with E-state index in [1.807, 2.05) is 4.90 Å². The van der Waals surface area contributed by atoms with Crippen molar-refractivity contribution in [3.8, 4) is 0 Å². The maximum absolute atomic E-state index is 12.7. The minimum Gasteiger partial charge on any atom is -0.374 e. The number of ether oxygens (including phenoxy) is 2. The van der Waals surface area contributed by atoms with Gasteiger partial charge in [-0.1, -0.05) is 0 Å². The maximum Gasteiger partial charge on any atom is 0.274 e. The molecule has 3 fully saturated rings. The third kappa shape index (κ3) is 2.73. The standard InChI is InChI=1S/C16H21N3O3/c20-16(12-9-17-5-6-18-12)19-7-8-21-14-4-3-13(19)15(14)22-10-11-1-2-11/h5-6,9,11,13-15H,1-4,7-8,10H2. The van der Waals surface area contributed by atoms with Gasteiger partial charge in [0, 0.05) is 25.5 Å². The summed E-state index contributed by atoms with van der Waals surface area (Å²) in [5.74, 6) is 0.649. The van der Waals surface area contributed by atoms with Crippen LogP contribution >= 0.6 is 0 Å². The Morgan fingerprint density at radius 2 is 2.23 bits per heavy atom. The molecule has 2 aliphatic carbocycles. The molecule has 4 rings (SSSR count). The Balaban J connectivity index is 1.52. The highest BCUT2D eigenvalue weighted by Gasteiger charge is 2.45. The highest BCUT2D eigenvalue weighted by atomic mass is 16.5. The van der Waals surface area contributed by atoms with E-state index < -0.39 is 0 Å². The van der Waals surface area contributed by atoms with Crippen molar-refractivity contribution >= 4 is 5.91 Å². The Morgan fingerprint density at radius 1 is 1.32 bits per heavy atom. The number of aromatic nitrogens is 2. The second-order valence-electron chi connectivity index (χ2n) is 6.38. The van der Waals surface area contributed by atoms with E-state index in [-0.39, 0.29) is 24.2 Å². The molecule has 0 radical (unpaired) electrons. The monoisotopic (exact) mass is 303 g/mol. The second kappa shape index (κ2) is 5.93. The van der Waals surface area contributed by atoms with Crippen LogP contribution in [0.2, 0.25) is 0 Å². The Hall–Kier alpha value is -1.53. The smallest absolute Gasteiger partial charge is 0.274 e. The van der Waals surface area contributed by atoms with Crippen LogP contribution in [0.15, 0.2) is 18.6 Å². The topological polar surface area (TPSA) is 64.6 Å². The third-order valence-corrected chi connectivity index (χ3v) is 4.82. The second-order valence-corrected chi connectivity index (χ2v) is 6.38. The molecule has 0 N–H and O–H groups in total. The molecular weight excluding hydrogens is 282 g/mol. The molecule has 0 spiro atoms. The molecule has 118 valence electrons. The van der Waals surface area contributed by atoms with Crippen LogP contribution in [-0.2, 0) is 9.47 Å². The zero-order valence-corrected chi connectivity index (χ0v) is 12.6. The molecule has 2 bridgehead atoms. The van der Waals surface area contributed by atoms with Crippen molar-refractivity contribution in [2.75, 3.05) is 19.8 Å². The van der Waals surface area contributed by atoms with E-state index in [9.17, 15) is 4.79 Å². The lowest BCUT2D eigenvalue weighted by molar-refractivity contribution is -0.0557. The van der Waals surface area contributed by atoms with Gasteiger partial charge in [0.2, 0.25) is 0 Å². The number of hydrogen-bond donors (Lipinski definition) is 0. The predicted molar refractivity (Wildman–Crippen MR) is 78.3 cm³/mol. The molecule has 0 aromatic carbocycles. The molecule has 1 amide bonds. The summed E-state index contributed by atoms with van der Waals surface area (Å²) in [6.07, 6.45) is 9.23. The molecule has 1 aliphatic heterocycles. The molecule has 6 heteroatoms. The van der Waals surface area contributed by atoms with Gasteiger partial charge >= 0.3 is 0 Å². The van der Waals surface area contributed by atoms with Crippen LogP contribution in [-0.4, -0.2) is 58.8 Å². The molecule has 22 heavy (non-hydrogen) atoms. The summed E-state index contributed by atoms with van der Waals surface area (Å²) in [6.45, 7) is 1.96. The van der Waals surface area contributed by atoms with Crippen LogP contribution in [0, 0.1) is 5.92 Å². The zero-order chi connectivity index (χ0) is 14.9. The van der Waals surface area contributed by atoms with Gasteiger partial charge in [0.25, 0.3) is 5.91 Å². The van der Waals surface area contributed by atoms with Crippen molar-refractivity contribution in [2.24, 2.45) is 5.92 Å². The van der Waals surface area contributed by atoms with Crippen molar-refractivity contribution in [1.82, 2.24) is 14.9 Å². The summed E-state index contributed by atoms with van der Waals surface area (Å²) in [4.78, 5) is 22.8. The lowest BCUT2D eigenvalue weighted by Crippen LogP contribution is -2.47. The van der Waals surface area contributed by atoms with E-state index in [4.69, 9.17) is 9.47 Å². The third-order valence-electron chi connectivity index (χ3n) is 4.82. The molecule has 1 aromatic rings. The first-order chi connectivity index (χ1) is 10.8. The fraction of sp³-hybridized carbons (Fsp3) is 0.688. The quantitative estimate of drug-likeness (QED) is 0.838. The number of fused-ring (bicyclic) bond motifs is 2. The van der Waals surface area contributed by atoms with Crippen LogP contribution in [0.3, 0.4) is 0 Å². The average molecular weight is 303 g/mol. The highest BCUT2D eigenvalue weighted by Crippen LogP contribution is 2.35. The van der Waals surface area contributed by atoms with Crippen LogP contribution in [0.25, 0.3) is 0 Å². The largest absolute Gasteiger partial charge is 0.374 e. The molecule has 3 unspecified atom stereocenters. The summed E-state index contributed by atoms with van der Waals surface area (Å²) in [6, 6.07) is 0.0979. The normalized spacial score (nSPS) is 31.1. The van der Waals surface area contributed by atoms with E-state index in [1.54, 1.807) is 12.4 Å². The first-order valence-electron chi connectivity index (χ1n) is 8.13. The van der Waals surface area contributed by atoms with Crippen LogP contribution in [0.5, 0.6) is 0 Å². The number of amides is 1. The van der Waals surface area contributed by atoms with E-state index in [1.165, 1.54) is 19.0 Å². The number of nitrogens with zero attached hydrogens (tertiary/aromatic N) is 3. The van der Waals surface area contributed by atoms with Crippen molar-refractivity contribution < 1.29 is 14.3 Å². The van der Waals surface area contributed by atoms with Crippen LogP contribution < -0.4 is 0 Å². The van der Waals surface area contributed by atoms with E-state index in [0.29, 0.717) is 24.8 Å². The highest BCUT2D eigenvalue weighted by molar-refractivity contribution is 5.92. The van der Waals surface area contributed by atoms with Crippen LogP contribution in [0.1, 0.15) is 36.2 Å². The average Bonchev–Trinajstić information content (AvgIpc) is 3.30. The van der Waals surface area contributed by atoms with Gasteiger partial charge in [-0.15, -0.1) is 0 Å². The molecular formula is C16H21N3O3. The zero-order valence-electron chi connectivity index (χ0n) is 12.6. The van der Waals surface area contributed by atoms with Gasteiger partial charge in [0.05, 0.1) is 24.9 Å². The van der Waals surface area contributed by atoms with Gasteiger partial charge in [0.15, 0.2) is 0 Å². The Morgan fingerprint density at radius 3 is 3.00 bits per heavy atom. The maximum atomic E-state index is 12.7. The van der Waals surface area contributed by atoms with Crippen molar-refractivity contribution in [2.45, 2.75) is 43.9 Å². The lowest BCUT2D eigenvalue weighted by atomic mass is 10.1. The van der Waals surface area contributed by atoms with E-state index in [0.717, 1.165) is 19.4 Å². The van der Waals surface area contributed by atoms with Crippen molar-refractivity contribution in [1.29, 1.82) is 0 Å². The first kappa shape index (κ1) is 14.1. The van der Waals surface area contributed by atoms with Crippen molar-refractivity contribution in [3.05, 3.63) is 24.3 Å². The molecule has 2 heterocycles. The van der Waals surface area contributed by atoms with Gasteiger partial charge in [-0.25, -0.2) is 4.98 Å². The summed E-state index contributed by atoms with van der Waals surface area (Å²) in [5, 5.41) is 0. The molecule has 3 aliphatic rings. The molecule has 3 atom stereocenters. The Labute approximate surface area is 129 Å². The minimum absolute atomic E-state index is 0.00345. The SMILES string of the molecule is O=C(c1cnccn1)N1CCOC2CCC1C2OCC1CC1. The first-order valence-corrected chi connectivity index (χ1v) is 8.13. The van der Waals surface area contributed by atoms with Gasteiger partial charge in [-0.2, -0.15) is 0 Å². The van der Waals surface area contributed by atoms with Gasteiger partial charge in [0.1, 0.15) is 11.8 Å². The summed E-state index contributed by atoms with van der Waals surface area (Å²) >= 11 is 0. The Kier molecular flexibility index (Phi) is 3.80.